The lowest BCUT2D eigenvalue weighted by atomic mass is 10.2. The minimum atomic E-state index is -0.962. The Morgan fingerprint density at radius 2 is 1.42 bits per heavy atom. The molecule has 1 unspecified atom stereocenters. The summed E-state index contributed by atoms with van der Waals surface area (Å²) in [5, 5.41) is 0. The Hall–Kier alpha value is -2.11. The average Bonchev–Trinajstić information content (AvgIpc) is 2.37. The molecule has 0 bridgehead atoms. The van der Waals surface area contributed by atoms with Gasteiger partial charge in [-0.1, -0.05) is 13.2 Å². The Morgan fingerprint density at radius 1 is 0.947 bits per heavy atom. The van der Waals surface area contributed by atoms with Gasteiger partial charge in [0, 0.05) is 0 Å². The highest BCUT2D eigenvalue weighted by Crippen LogP contribution is 2.09. The summed E-state index contributed by atoms with van der Waals surface area (Å²) in [6.07, 6.45) is -0.919. The molecule has 0 aliphatic rings. The van der Waals surface area contributed by atoms with Gasteiger partial charge in [-0.25, -0.2) is 14.4 Å². The SMILES string of the molecule is C=C(C(=O)OCC)C(=O)OC(C)C(=C)C(=O)OCC. The first-order valence-electron chi connectivity index (χ1n) is 5.78. The predicted octanol–water partition coefficient (Wildman–Crippen LogP) is 1.16. The molecule has 0 aromatic carbocycles. The van der Waals surface area contributed by atoms with Crippen LogP contribution in [0.5, 0.6) is 0 Å². The lowest BCUT2D eigenvalue weighted by molar-refractivity contribution is -0.149. The zero-order chi connectivity index (χ0) is 15.0. The third kappa shape index (κ3) is 5.37. The second kappa shape index (κ2) is 8.07. The van der Waals surface area contributed by atoms with Crippen LogP contribution in [0.4, 0.5) is 0 Å². The molecule has 0 rings (SSSR count). The molecule has 0 aromatic heterocycles. The van der Waals surface area contributed by atoms with Crippen molar-refractivity contribution in [2.24, 2.45) is 0 Å². The molecule has 0 aromatic rings. The normalized spacial score (nSPS) is 11.1. The Labute approximate surface area is 112 Å². The fourth-order valence-electron chi connectivity index (χ4n) is 0.994. The van der Waals surface area contributed by atoms with Crippen LogP contribution in [0.15, 0.2) is 24.3 Å². The molecule has 6 nitrogen and oxygen atoms in total. The molecule has 0 saturated carbocycles. The molecule has 106 valence electrons. The summed E-state index contributed by atoms with van der Waals surface area (Å²) in [5.74, 6) is -2.48. The topological polar surface area (TPSA) is 78.9 Å². The maximum atomic E-state index is 11.5. The van der Waals surface area contributed by atoms with Crippen molar-refractivity contribution < 1.29 is 28.6 Å². The van der Waals surface area contributed by atoms with E-state index in [2.05, 4.69) is 17.9 Å². The summed E-state index contributed by atoms with van der Waals surface area (Å²) in [6.45, 7) is 11.7. The maximum absolute atomic E-state index is 11.5. The van der Waals surface area contributed by atoms with Crippen molar-refractivity contribution in [2.45, 2.75) is 26.9 Å². The second-order valence-electron chi connectivity index (χ2n) is 3.49. The fraction of sp³-hybridized carbons (Fsp3) is 0.462. The summed E-state index contributed by atoms with van der Waals surface area (Å²) in [6, 6.07) is 0. The molecule has 1 atom stereocenters. The molecule has 0 aliphatic carbocycles. The molecular formula is C13H18O6. The van der Waals surface area contributed by atoms with Crippen LogP contribution in [0.25, 0.3) is 0 Å². The molecule has 6 heteroatoms. The summed E-state index contributed by atoms with van der Waals surface area (Å²) in [7, 11) is 0. The van der Waals surface area contributed by atoms with Crippen LogP contribution in [-0.2, 0) is 28.6 Å². The largest absolute Gasteiger partial charge is 0.463 e. The fourth-order valence-corrected chi connectivity index (χ4v) is 0.994. The number of hydrogen-bond donors (Lipinski definition) is 0. The molecule has 0 spiro atoms. The lowest BCUT2D eigenvalue weighted by Crippen LogP contribution is -2.25. The average molecular weight is 270 g/mol. The van der Waals surface area contributed by atoms with Crippen LogP contribution >= 0.6 is 0 Å². The highest BCUT2D eigenvalue weighted by molar-refractivity contribution is 6.13. The number of carbonyl (C=O) groups excluding carboxylic acids is 3. The van der Waals surface area contributed by atoms with E-state index >= 15 is 0 Å². The van der Waals surface area contributed by atoms with Crippen molar-refractivity contribution in [1.82, 2.24) is 0 Å². The molecule has 19 heavy (non-hydrogen) atoms. The second-order valence-corrected chi connectivity index (χ2v) is 3.49. The van der Waals surface area contributed by atoms with E-state index in [0.717, 1.165) is 0 Å². The van der Waals surface area contributed by atoms with Gasteiger partial charge in [0.05, 0.1) is 18.8 Å². The number of esters is 3. The molecular weight excluding hydrogens is 252 g/mol. The summed E-state index contributed by atoms with van der Waals surface area (Å²) in [5.41, 5.74) is -0.461. The molecule has 0 aliphatic heterocycles. The Bertz CT molecular complexity index is 396. The minimum Gasteiger partial charge on any atom is -0.463 e. The van der Waals surface area contributed by atoms with Crippen molar-refractivity contribution in [3.8, 4) is 0 Å². The summed E-state index contributed by atoms with van der Waals surface area (Å²) < 4.78 is 14.2. The predicted molar refractivity (Wildman–Crippen MR) is 67.1 cm³/mol. The third-order valence-corrected chi connectivity index (χ3v) is 2.08. The van der Waals surface area contributed by atoms with Gasteiger partial charge in [0.2, 0.25) is 0 Å². The molecule has 0 saturated heterocycles. The van der Waals surface area contributed by atoms with Gasteiger partial charge in [0.1, 0.15) is 11.7 Å². The molecule has 0 fully saturated rings. The van der Waals surface area contributed by atoms with Gasteiger partial charge in [-0.05, 0) is 20.8 Å². The quantitative estimate of drug-likeness (QED) is 0.227. The number of ether oxygens (including phenoxy) is 3. The number of hydrogen-bond acceptors (Lipinski definition) is 6. The van der Waals surface area contributed by atoms with E-state index in [4.69, 9.17) is 9.47 Å². The first-order valence-corrected chi connectivity index (χ1v) is 5.78. The van der Waals surface area contributed by atoms with Gasteiger partial charge in [-0.3, -0.25) is 0 Å². The van der Waals surface area contributed by atoms with E-state index < -0.39 is 29.6 Å². The van der Waals surface area contributed by atoms with Gasteiger partial charge < -0.3 is 14.2 Å². The van der Waals surface area contributed by atoms with E-state index in [9.17, 15) is 14.4 Å². The van der Waals surface area contributed by atoms with Crippen molar-refractivity contribution in [3.63, 3.8) is 0 Å². The maximum Gasteiger partial charge on any atom is 0.345 e. The van der Waals surface area contributed by atoms with Gasteiger partial charge in [-0.15, -0.1) is 0 Å². The van der Waals surface area contributed by atoms with Crippen molar-refractivity contribution in [3.05, 3.63) is 24.3 Å². The summed E-state index contributed by atoms with van der Waals surface area (Å²) >= 11 is 0. The first kappa shape index (κ1) is 16.9. The molecule has 0 heterocycles. The summed E-state index contributed by atoms with van der Waals surface area (Å²) in [4.78, 5) is 34.1. The van der Waals surface area contributed by atoms with E-state index in [0.29, 0.717) is 0 Å². The zero-order valence-electron chi connectivity index (χ0n) is 11.4. The van der Waals surface area contributed by atoms with Gasteiger partial charge in [0.15, 0.2) is 0 Å². The van der Waals surface area contributed by atoms with E-state index in [1.807, 2.05) is 0 Å². The minimum absolute atomic E-state index is 0.0214. The van der Waals surface area contributed by atoms with Crippen molar-refractivity contribution in [2.75, 3.05) is 13.2 Å². The molecule has 0 radical (unpaired) electrons. The molecule has 0 N–H and O–H groups in total. The van der Waals surface area contributed by atoms with Crippen LogP contribution in [0.1, 0.15) is 20.8 Å². The zero-order valence-corrected chi connectivity index (χ0v) is 11.4. The smallest absolute Gasteiger partial charge is 0.345 e. The van der Waals surface area contributed by atoms with E-state index in [1.165, 1.54) is 6.92 Å². The number of carbonyl (C=O) groups is 3. The van der Waals surface area contributed by atoms with Gasteiger partial charge in [-0.2, -0.15) is 0 Å². The Morgan fingerprint density at radius 3 is 1.89 bits per heavy atom. The van der Waals surface area contributed by atoms with Gasteiger partial charge in [0.25, 0.3) is 0 Å². The van der Waals surface area contributed by atoms with Crippen LogP contribution in [0.2, 0.25) is 0 Å². The lowest BCUT2D eigenvalue weighted by Gasteiger charge is -2.15. The first-order chi connectivity index (χ1) is 8.84. The van der Waals surface area contributed by atoms with Crippen LogP contribution < -0.4 is 0 Å². The standard InChI is InChI=1S/C13H18O6/c1-6-17-11(14)8(3)10(5)19-13(16)9(4)12(15)18-7-2/h10H,3-4,6-7H2,1-2,5H3. The van der Waals surface area contributed by atoms with Crippen molar-refractivity contribution in [1.29, 1.82) is 0 Å². The molecule has 0 amide bonds. The Kier molecular flexibility index (Phi) is 7.18. The Balaban J connectivity index is 4.48. The van der Waals surface area contributed by atoms with Gasteiger partial charge >= 0.3 is 17.9 Å². The van der Waals surface area contributed by atoms with Crippen LogP contribution in [0.3, 0.4) is 0 Å². The third-order valence-electron chi connectivity index (χ3n) is 2.08. The highest BCUT2D eigenvalue weighted by atomic mass is 16.6. The number of rotatable bonds is 7. The highest BCUT2D eigenvalue weighted by Gasteiger charge is 2.24. The van der Waals surface area contributed by atoms with Crippen molar-refractivity contribution >= 4 is 17.9 Å². The monoisotopic (exact) mass is 270 g/mol. The van der Waals surface area contributed by atoms with Crippen LogP contribution in [0, 0.1) is 0 Å². The van der Waals surface area contributed by atoms with Crippen LogP contribution in [-0.4, -0.2) is 37.2 Å². The van der Waals surface area contributed by atoms with E-state index in [1.54, 1.807) is 13.8 Å². The van der Waals surface area contributed by atoms with E-state index in [-0.39, 0.29) is 18.8 Å².